The molecule has 2 rings (SSSR count). The SMILES string of the molecule is Cc1ccc(S(=O)(=O)NC(=O)NCc2ncc(C)o2)cc1. The lowest BCUT2D eigenvalue weighted by molar-refractivity contribution is 0.244. The first kappa shape index (κ1) is 15.0. The second kappa shape index (κ2) is 5.96. The van der Waals surface area contributed by atoms with Crippen LogP contribution in [0, 0.1) is 13.8 Å². The van der Waals surface area contributed by atoms with Crippen molar-refractivity contribution >= 4 is 16.1 Å². The molecule has 0 bridgehead atoms. The van der Waals surface area contributed by atoms with Crippen LogP contribution in [0.3, 0.4) is 0 Å². The van der Waals surface area contributed by atoms with Crippen LogP contribution in [0.2, 0.25) is 0 Å². The number of rotatable bonds is 4. The highest BCUT2D eigenvalue weighted by Gasteiger charge is 2.17. The third-order valence-corrected chi connectivity index (χ3v) is 3.97. The third-order valence-electron chi connectivity index (χ3n) is 2.63. The first-order chi connectivity index (χ1) is 9.87. The van der Waals surface area contributed by atoms with Crippen LogP contribution < -0.4 is 10.0 Å². The summed E-state index contributed by atoms with van der Waals surface area (Å²) in [6.07, 6.45) is 1.51. The van der Waals surface area contributed by atoms with Crippen molar-refractivity contribution < 1.29 is 17.6 Å². The fourth-order valence-electron chi connectivity index (χ4n) is 1.57. The largest absolute Gasteiger partial charge is 0.444 e. The van der Waals surface area contributed by atoms with Crippen molar-refractivity contribution in [3.8, 4) is 0 Å². The maximum Gasteiger partial charge on any atom is 0.329 e. The first-order valence-electron chi connectivity index (χ1n) is 6.15. The second-order valence-electron chi connectivity index (χ2n) is 4.47. The smallest absolute Gasteiger partial charge is 0.329 e. The standard InChI is InChI=1S/C13H15N3O4S/c1-9-3-5-11(6-4-9)21(18,19)16-13(17)15-8-12-14-7-10(2)20-12/h3-7H,8H2,1-2H3,(H2,15,16,17). The number of hydrogen-bond acceptors (Lipinski definition) is 5. The zero-order valence-electron chi connectivity index (χ0n) is 11.6. The van der Waals surface area contributed by atoms with Crippen molar-refractivity contribution in [2.45, 2.75) is 25.3 Å². The molecule has 0 saturated carbocycles. The van der Waals surface area contributed by atoms with Gasteiger partial charge < -0.3 is 9.73 Å². The zero-order valence-corrected chi connectivity index (χ0v) is 12.4. The molecule has 7 nitrogen and oxygen atoms in total. The Kier molecular flexibility index (Phi) is 4.27. The van der Waals surface area contributed by atoms with Gasteiger partial charge in [0.2, 0.25) is 5.89 Å². The van der Waals surface area contributed by atoms with Crippen LogP contribution in [0.4, 0.5) is 4.79 Å². The van der Waals surface area contributed by atoms with Gasteiger partial charge >= 0.3 is 6.03 Å². The molecule has 2 amide bonds. The number of nitrogens with one attached hydrogen (secondary N) is 2. The number of urea groups is 1. The number of carbonyl (C=O) groups is 1. The minimum Gasteiger partial charge on any atom is -0.444 e. The number of nitrogens with zero attached hydrogens (tertiary/aromatic N) is 1. The van der Waals surface area contributed by atoms with Gasteiger partial charge in [0.05, 0.1) is 17.6 Å². The van der Waals surface area contributed by atoms with Gasteiger partial charge in [-0.1, -0.05) is 17.7 Å². The monoisotopic (exact) mass is 309 g/mol. The molecule has 0 unspecified atom stereocenters. The van der Waals surface area contributed by atoms with Gasteiger partial charge in [-0.2, -0.15) is 0 Å². The van der Waals surface area contributed by atoms with Crippen molar-refractivity contribution in [1.82, 2.24) is 15.0 Å². The van der Waals surface area contributed by atoms with Gasteiger partial charge in [-0.15, -0.1) is 0 Å². The molecule has 0 aliphatic carbocycles. The molecule has 1 aromatic heterocycles. The molecular weight excluding hydrogens is 294 g/mol. The number of aromatic nitrogens is 1. The molecule has 0 aliphatic rings. The Morgan fingerprint density at radius 2 is 1.90 bits per heavy atom. The Bertz CT molecular complexity index is 735. The van der Waals surface area contributed by atoms with Crippen LogP contribution in [0.1, 0.15) is 17.2 Å². The predicted molar refractivity (Wildman–Crippen MR) is 75.0 cm³/mol. The number of oxazole rings is 1. The lowest BCUT2D eigenvalue weighted by Crippen LogP contribution is -2.39. The lowest BCUT2D eigenvalue weighted by atomic mass is 10.2. The highest BCUT2D eigenvalue weighted by Crippen LogP contribution is 2.09. The second-order valence-corrected chi connectivity index (χ2v) is 6.15. The Hall–Kier alpha value is -2.35. The molecule has 2 aromatic rings. The van der Waals surface area contributed by atoms with E-state index in [0.29, 0.717) is 11.7 Å². The molecule has 0 spiro atoms. The van der Waals surface area contributed by atoms with E-state index in [1.807, 2.05) is 11.6 Å². The molecule has 0 radical (unpaired) electrons. The van der Waals surface area contributed by atoms with Crippen LogP contribution in [0.25, 0.3) is 0 Å². The molecule has 8 heteroatoms. The number of aryl methyl sites for hydroxylation is 2. The fraction of sp³-hybridized carbons (Fsp3) is 0.231. The van der Waals surface area contributed by atoms with Crippen molar-refractivity contribution in [2.24, 2.45) is 0 Å². The quantitative estimate of drug-likeness (QED) is 0.890. The van der Waals surface area contributed by atoms with E-state index in [0.717, 1.165) is 5.56 Å². The van der Waals surface area contributed by atoms with E-state index >= 15 is 0 Å². The van der Waals surface area contributed by atoms with Crippen LogP contribution in [0.5, 0.6) is 0 Å². The Morgan fingerprint density at radius 3 is 2.48 bits per heavy atom. The zero-order chi connectivity index (χ0) is 15.5. The molecule has 1 aromatic carbocycles. The Morgan fingerprint density at radius 1 is 1.24 bits per heavy atom. The lowest BCUT2D eigenvalue weighted by Gasteiger charge is -2.07. The highest BCUT2D eigenvalue weighted by molar-refractivity contribution is 7.90. The Balaban J connectivity index is 1.96. The van der Waals surface area contributed by atoms with E-state index in [1.54, 1.807) is 19.1 Å². The molecule has 0 atom stereocenters. The number of benzene rings is 1. The molecule has 0 saturated heterocycles. The number of hydrogen-bond donors (Lipinski definition) is 2. The Labute approximate surface area is 122 Å². The molecule has 2 N–H and O–H groups in total. The summed E-state index contributed by atoms with van der Waals surface area (Å²) >= 11 is 0. The van der Waals surface area contributed by atoms with E-state index in [4.69, 9.17) is 4.42 Å². The average molecular weight is 309 g/mol. The maximum absolute atomic E-state index is 12.0. The van der Waals surface area contributed by atoms with Gasteiger partial charge in [-0.25, -0.2) is 22.9 Å². The van der Waals surface area contributed by atoms with Crippen molar-refractivity contribution in [3.63, 3.8) is 0 Å². The van der Waals surface area contributed by atoms with Gasteiger partial charge in [-0.3, -0.25) is 0 Å². The molecule has 21 heavy (non-hydrogen) atoms. The average Bonchev–Trinajstić information content (AvgIpc) is 2.82. The van der Waals surface area contributed by atoms with E-state index in [1.165, 1.54) is 18.3 Å². The normalized spacial score (nSPS) is 11.1. The summed E-state index contributed by atoms with van der Waals surface area (Å²) in [7, 11) is -3.89. The van der Waals surface area contributed by atoms with E-state index in [-0.39, 0.29) is 11.4 Å². The summed E-state index contributed by atoms with van der Waals surface area (Å²) in [6, 6.07) is 5.33. The summed E-state index contributed by atoms with van der Waals surface area (Å²) in [6.45, 7) is 3.57. The summed E-state index contributed by atoms with van der Waals surface area (Å²) in [4.78, 5) is 15.5. The molecule has 1 heterocycles. The first-order valence-corrected chi connectivity index (χ1v) is 7.64. The number of amides is 2. The van der Waals surface area contributed by atoms with Crippen LogP contribution in [0.15, 0.2) is 39.8 Å². The van der Waals surface area contributed by atoms with Gasteiger partial charge in [0.25, 0.3) is 10.0 Å². The van der Waals surface area contributed by atoms with Gasteiger partial charge in [-0.05, 0) is 26.0 Å². The maximum atomic E-state index is 12.0. The summed E-state index contributed by atoms with van der Waals surface area (Å²) in [5.74, 6) is 0.912. The van der Waals surface area contributed by atoms with Crippen molar-refractivity contribution in [2.75, 3.05) is 0 Å². The third kappa shape index (κ3) is 4.06. The van der Waals surface area contributed by atoms with Gasteiger partial charge in [0.1, 0.15) is 5.76 Å². The molecule has 112 valence electrons. The summed E-state index contributed by atoms with van der Waals surface area (Å²) < 4.78 is 31.0. The van der Waals surface area contributed by atoms with Crippen LogP contribution in [-0.4, -0.2) is 19.4 Å². The molecule has 0 aliphatic heterocycles. The molecular formula is C13H15N3O4S. The summed E-state index contributed by atoms with van der Waals surface area (Å²) in [5.41, 5.74) is 0.928. The summed E-state index contributed by atoms with van der Waals surface area (Å²) in [5, 5.41) is 2.36. The van der Waals surface area contributed by atoms with Crippen LogP contribution in [-0.2, 0) is 16.6 Å². The molecule has 0 fully saturated rings. The van der Waals surface area contributed by atoms with Crippen LogP contribution >= 0.6 is 0 Å². The number of sulfonamides is 1. The van der Waals surface area contributed by atoms with Crippen molar-refractivity contribution in [1.29, 1.82) is 0 Å². The fourth-order valence-corrected chi connectivity index (χ4v) is 2.50. The number of carbonyl (C=O) groups excluding carboxylic acids is 1. The minimum atomic E-state index is -3.89. The van der Waals surface area contributed by atoms with Gasteiger partial charge in [0.15, 0.2) is 0 Å². The predicted octanol–water partition coefficient (Wildman–Crippen LogP) is 1.48. The van der Waals surface area contributed by atoms with E-state index < -0.39 is 16.1 Å². The van der Waals surface area contributed by atoms with Crippen molar-refractivity contribution in [3.05, 3.63) is 47.7 Å². The minimum absolute atomic E-state index is 0.00307. The highest BCUT2D eigenvalue weighted by atomic mass is 32.2. The van der Waals surface area contributed by atoms with Gasteiger partial charge in [0, 0.05) is 0 Å². The topological polar surface area (TPSA) is 101 Å². The van der Waals surface area contributed by atoms with E-state index in [9.17, 15) is 13.2 Å². The van der Waals surface area contributed by atoms with E-state index in [2.05, 4.69) is 10.3 Å².